The lowest BCUT2D eigenvalue weighted by atomic mass is 9.87. The zero-order valence-corrected chi connectivity index (χ0v) is 13.4. The van der Waals surface area contributed by atoms with Crippen molar-refractivity contribution in [2.24, 2.45) is 5.16 Å². The second kappa shape index (κ2) is 6.67. The Bertz CT molecular complexity index is 748. The van der Waals surface area contributed by atoms with E-state index >= 15 is 0 Å². The summed E-state index contributed by atoms with van der Waals surface area (Å²) < 4.78 is 37.6. The highest BCUT2D eigenvalue weighted by Crippen LogP contribution is 2.29. The highest BCUT2D eigenvalue weighted by molar-refractivity contribution is 6.02. The summed E-state index contributed by atoms with van der Waals surface area (Å²) in [5, 5.41) is 4.23. The molecule has 1 aliphatic carbocycles. The number of hydrogen-bond acceptors (Lipinski definition) is 2. The number of oxime groups is 1. The van der Waals surface area contributed by atoms with Gasteiger partial charge >= 0.3 is 6.18 Å². The molecule has 0 heterocycles. The fraction of sp³-hybridized carbons (Fsp3) is 0.316. The number of aryl methyl sites for hydroxylation is 1. The number of halogens is 3. The Labute approximate surface area is 138 Å². The molecule has 0 bridgehead atoms. The summed E-state index contributed by atoms with van der Waals surface area (Å²) >= 11 is 0. The van der Waals surface area contributed by atoms with Crippen molar-refractivity contribution in [3.05, 3.63) is 70.3 Å². The van der Waals surface area contributed by atoms with Gasteiger partial charge in [0, 0.05) is 5.56 Å². The minimum Gasteiger partial charge on any atom is -0.391 e. The van der Waals surface area contributed by atoms with Crippen molar-refractivity contribution in [2.75, 3.05) is 0 Å². The largest absolute Gasteiger partial charge is 0.416 e. The Hall–Kier alpha value is -2.30. The summed E-state index contributed by atoms with van der Waals surface area (Å²) in [6.07, 6.45) is -1.40. The molecular weight excluding hydrogens is 315 g/mol. The van der Waals surface area contributed by atoms with Crippen molar-refractivity contribution in [1.82, 2.24) is 0 Å². The van der Waals surface area contributed by atoms with Crippen LogP contribution in [0.1, 0.15) is 40.7 Å². The maximum absolute atomic E-state index is 12.5. The lowest BCUT2D eigenvalue weighted by molar-refractivity contribution is -0.137. The Balaban J connectivity index is 1.69. The minimum absolute atomic E-state index is 0.156. The van der Waals surface area contributed by atoms with Gasteiger partial charge in [-0.1, -0.05) is 35.5 Å². The molecule has 0 spiro atoms. The molecule has 2 aromatic rings. The zero-order chi connectivity index (χ0) is 17.2. The topological polar surface area (TPSA) is 21.6 Å². The predicted molar refractivity (Wildman–Crippen MR) is 86.9 cm³/mol. The molecule has 0 aliphatic heterocycles. The van der Waals surface area contributed by atoms with E-state index in [4.69, 9.17) is 4.84 Å². The van der Waals surface area contributed by atoms with Gasteiger partial charge < -0.3 is 4.84 Å². The number of alkyl halides is 3. The van der Waals surface area contributed by atoms with Gasteiger partial charge in [0.1, 0.15) is 6.61 Å². The lowest BCUT2D eigenvalue weighted by Crippen LogP contribution is -2.13. The first-order valence-corrected chi connectivity index (χ1v) is 7.89. The molecule has 0 radical (unpaired) electrons. The van der Waals surface area contributed by atoms with Crippen molar-refractivity contribution in [3.8, 4) is 0 Å². The SMILES string of the molecule is Cc1cccc2c1CCC/C2=N\OCc1ccc(C(F)(F)F)cc1. The Kier molecular flexibility index (Phi) is 4.60. The Morgan fingerprint density at radius 2 is 1.79 bits per heavy atom. The quantitative estimate of drug-likeness (QED) is 0.701. The third-order valence-corrected chi connectivity index (χ3v) is 4.25. The molecule has 0 aromatic heterocycles. The van der Waals surface area contributed by atoms with Crippen LogP contribution in [-0.4, -0.2) is 5.71 Å². The van der Waals surface area contributed by atoms with E-state index in [1.54, 1.807) is 0 Å². The van der Waals surface area contributed by atoms with Crippen molar-refractivity contribution in [2.45, 2.75) is 39.0 Å². The van der Waals surface area contributed by atoms with Crippen molar-refractivity contribution in [1.29, 1.82) is 0 Å². The van der Waals surface area contributed by atoms with Gasteiger partial charge in [0.25, 0.3) is 0 Å². The maximum Gasteiger partial charge on any atom is 0.416 e. The molecule has 0 unspecified atom stereocenters. The van der Waals surface area contributed by atoms with Crippen LogP contribution in [0.25, 0.3) is 0 Å². The molecule has 0 N–H and O–H groups in total. The standard InChI is InChI=1S/C19H18F3NO/c1-13-4-2-6-17-16(13)5-3-7-18(17)23-24-12-14-8-10-15(11-9-14)19(20,21)22/h2,4,6,8-11H,3,5,7,12H2,1H3/b23-18+. The first-order valence-electron chi connectivity index (χ1n) is 7.89. The predicted octanol–water partition coefficient (Wildman–Crippen LogP) is 5.27. The van der Waals surface area contributed by atoms with E-state index in [9.17, 15) is 13.2 Å². The van der Waals surface area contributed by atoms with Crippen molar-refractivity contribution < 1.29 is 18.0 Å². The van der Waals surface area contributed by atoms with E-state index in [1.165, 1.54) is 23.3 Å². The molecule has 5 heteroatoms. The van der Waals surface area contributed by atoms with Crippen LogP contribution in [0.3, 0.4) is 0 Å². The summed E-state index contributed by atoms with van der Waals surface area (Å²) in [5.41, 5.74) is 4.59. The fourth-order valence-electron chi connectivity index (χ4n) is 2.94. The van der Waals surface area contributed by atoms with Crippen LogP contribution < -0.4 is 0 Å². The van der Waals surface area contributed by atoms with Crippen LogP contribution in [0, 0.1) is 6.92 Å². The van der Waals surface area contributed by atoms with Crippen LogP contribution in [0.2, 0.25) is 0 Å². The maximum atomic E-state index is 12.5. The molecule has 0 saturated carbocycles. The summed E-state index contributed by atoms with van der Waals surface area (Å²) in [6, 6.07) is 11.1. The van der Waals surface area contributed by atoms with Gasteiger partial charge in [-0.2, -0.15) is 13.2 Å². The van der Waals surface area contributed by atoms with Gasteiger partial charge in [0.2, 0.25) is 0 Å². The Morgan fingerprint density at radius 3 is 2.50 bits per heavy atom. The van der Waals surface area contributed by atoms with Crippen LogP contribution in [0.5, 0.6) is 0 Å². The zero-order valence-electron chi connectivity index (χ0n) is 13.4. The molecule has 126 valence electrons. The molecule has 0 amide bonds. The molecule has 3 rings (SSSR count). The van der Waals surface area contributed by atoms with Crippen LogP contribution in [-0.2, 0) is 24.0 Å². The Morgan fingerprint density at radius 1 is 1.04 bits per heavy atom. The first kappa shape index (κ1) is 16.6. The molecule has 1 aliphatic rings. The van der Waals surface area contributed by atoms with Gasteiger partial charge in [-0.15, -0.1) is 0 Å². The van der Waals surface area contributed by atoms with Crippen LogP contribution in [0.4, 0.5) is 13.2 Å². The molecule has 0 saturated heterocycles. The number of fused-ring (bicyclic) bond motifs is 1. The number of benzene rings is 2. The summed E-state index contributed by atoms with van der Waals surface area (Å²) in [6.45, 7) is 2.24. The van der Waals surface area contributed by atoms with Crippen molar-refractivity contribution in [3.63, 3.8) is 0 Å². The average molecular weight is 333 g/mol. The van der Waals surface area contributed by atoms with E-state index < -0.39 is 11.7 Å². The second-order valence-electron chi connectivity index (χ2n) is 5.96. The van der Waals surface area contributed by atoms with Gasteiger partial charge in [0.05, 0.1) is 11.3 Å². The summed E-state index contributed by atoms with van der Waals surface area (Å²) in [4.78, 5) is 5.39. The van der Waals surface area contributed by atoms with E-state index in [-0.39, 0.29) is 6.61 Å². The first-order chi connectivity index (χ1) is 11.4. The molecule has 2 aromatic carbocycles. The smallest absolute Gasteiger partial charge is 0.391 e. The van der Waals surface area contributed by atoms with Gasteiger partial charge in [0.15, 0.2) is 0 Å². The molecule has 2 nitrogen and oxygen atoms in total. The fourth-order valence-corrected chi connectivity index (χ4v) is 2.94. The monoisotopic (exact) mass is 333 g/mol. The average Bonchev–Trinajstić information content (AvgIpc) is 2.55. The highest BCUT2D eigenvalue weighted by atomic mass is 19.4. The van der Waals surface area contributed by atoms with Crippen LogP contribution >= 0.6 is 0 Å². The number of rotatable bonds is 3. The molecule has 24 heavy (non-hydrogen) atoms. The third-order valence-electron chi connectivity index (χ3n) is 4.25. The molecular formula is C19H18F3NO. The van der Waals surface area contributed by atoms with Crippen molar-refractivity contribution >= 4 is 5.71 Å². The lowest BCUT2D eigenvalue weighted by Gasteiger charge is -2.19. The molecule has 0 atom stereocenters. The van der Waals surface area contributed by atoms with Gasteiger partial charge in [-0.05, 0) is 55.0 Å². The third kappa shape index (κ3) is 3.61. The van der Waals surface area contributed by atoms with E-state index in [0.717, 1.165) is 42.7 Å². The minimum atomic E-state index is -4.32. The van der Waals surface area contributed by atoms with Gasteiger partial charge in [-0.25, -0.2) is 0 Å². The molecule has 0 fully saturated rings. The summed E-state index contributed by atoms with van der Waals surface area (Å²) in [7, 11) is 0. The highest BCUT2D eigenvalue weighted by Gasteiger charge is 2.29. The second-order valence-corrected chi connectivity index (χ2v) is 5.96. The van der Waals surface area contributed by atoms with E-state index in [0.29, 0.717) is 5.56 Å². The number of hydrogen-bond donors (Lipinski definition) is 0. The van der Waals surface area contributed by atoms with Crippen LogP contribution in [0.15, 0.2) is 47.6 Å². The summed E-state index contributed by atoms with van der Waals surface area (Å²) in [5.74, 6) is 0. The van der Waals surface area contributed by atoms with E-state index in [2.05, 4.69) is 18.1 Å². The normalized spacial score (nSPS) is 16.1. The van der Waals surface area contributed by atoms with Gasteiger partial charge in [-0.3, -0.25) is 0 Å². The number of nitrogens with zero attached hydrogens (tertiary/aromatic N) is 1. The van der Waals surface area contributed by atoms with E-state index in [1.807, 2.05) is 12.1 Å².